The van der Waals surface area contributed by atoms with Crippen molar-refractivity contribution in [2.24, 2.45) is 5.10 Å². The van der Waals surface area contributed by atoms with Crippen LogP contribution < -0.4 is 20.9 Å². The molecule has 0 saturated carbocycles. The van der Waals surface area contributed by atoms with E-state index in [2.05, 4.69) is 21.2 Å². The molecule has 0 aromatic heterocycles. The Labute approximate surface area is 157 Å². The average Bonchev–Trinajstić information content (AvgIpc) is 2.63. The first-order valence-corrected chi connectivity index (χ1v) is 8.24. The molecule has 0 aliphatic carbocycles. The molecule has 1 atom stereocenters. The van der Waals surface area contributed by atoms with Gasteiger partial charge in [-0.2, -0.15) is 9.99 Å². The van der Waals surface area contributed by atoms with E-state index in [-0.39, 0.29) is 18.0 Å². The number of carbonyl (C=O) groups excluding carboxylic acids is 2. The monoisotopic (exact) mass is 388 g/mol. The highest BCUT2D eigenvalue weighted by atomic mass is 19.1. The van der Waals surface area contributed by atoms with Crippen LogP contribution in [-0.2, 0) is 9.68 Å². The van der Waals surface area contributed by atoms with Gasteiger partial charge in [-0.25, -0.2) is 19.0 Å². The molecule has 1 unspecified atom stereocenters. The lowest BCUT2D eigenvalue weighted by molar-refractivity contribution is -0.268. The predicted octanol–water partition coefficient (Wildman–Crippen LogP) is 2.92. The zero-order chi connectivity index (χ0) is 19.9. The second-order valence-corrected chi connectivity index (χ2v) is 6.48. The quantitative estimate of drug-likeness (QED) is 0.689. The Kier molecular flexibility index (Phi) is 4.19. The second-order valence-electron chi connectivity index (χ2n) is 6.48. The highest BCUT2D eigenvalue weighted by Gasteiger charge is 2.45. The van der Waals surface area contributed by atoms with E-state index >= 15 is 0 Å². The molecule has 28 heavy (non-hydrogen) atoms. The highest BCUT2D eigenvalue weighted by molar-refractivity contribution is 6.13. The molecule has 8 nitrogen and oxygen atoms in total. The minimum absolute atomic E-state index is 0.0161. The molecular formula is C18H14F2N4O4. The molecule has 0 spiro atoms. The number of fused-ring (bicyclic) bond motifs is 3. The average molecular weight is 388 g/mol. The van der Waals surface area contributed by atoms with Crippen LogP contribution in [0.5, 0.6) is 5.75 Å². The Hall–Kier alpha value is -3.53. The fourth-order valence-electron chi connectivity index (χ4n) is 2.96. The summed E-state index contributed by atoms with van der Waals surface area (Å²) in [6.07, 6.45) is 0.0161. The number of amides is 3. The maximum absolute atomic E-state index is 13.7. The van der Waals surface area contributed by atoms with E-state index < -0.39 is 23.3 Å². The van der Waals surface area contributed by atoms with Gasteiger partial charge in [0.15, 0.2) is 11.4 Å². The van der Waals surface area contributed by atoms with Crippen LogP contribution in [-0.4, -0.2) is 23.3 Å². The van der Waals surface area contributed by atoms with Crippen LogP contribution in [0.15, 0.2) is 41.5 Å². The van der Waals surface area contributed by atoms with Crippen molar-refractivity contribution >= 4 is 29.0 Å². The summed E-state index contributed by atoms with van der Waals surface area (Å²) in [6.45, 7) is 1.66. The van der Waals surface area contributed by atoms with Crippen molar-refractivity contribution in [3.05, 3.63) is 53.6 Å². The summed E-state index contributed by atoms with van der Waals surface area (Å²) in [4.78, 5) is 34.3. The Morgan fingerprint density at radius 3 is 2.86 bits per heavy atom. The molecule has 2 aromatic carbocycles. The van der Waals surface area contributed by atoms with Crippen LogP contribution in [0.2, 0.25) is 0 Å². The van der Waals surface area contributed by atoms with Crippen molar-refractivity contribution in [1.82, 2.24) is 5.43 Å². The maximum atomic E-state index is 13.7. The third-order valence-corrected chi connectivity index (χ3v) is 4.28. The SMILES string of the molecule is CC12CC(=O)NN=C1c1cc(NC(=O)Nc3cc(F)ccc3F)ccc1OO2. The van der Waals surface area contributed by atoms with Gasteiger partial charge in [0.05, 0.1) is 12.1 Å². The summed E-state index contributed by atoms with van der Waals surface area (Å²) in [6, 6.07) is 6.63. The molecule has 0 fully saturated rings. The third-order valence-electron chi connectivity index (χ3n) is 4.28. The fraction of sp³-hybridized carbons (Fsp3) is 0.167. The first kappa shape index (κ1) is 17.9. The van der Waals surface area contributed by atoms with E-state index in [9.17, 15) is 18.4 Å². The van der Waals surface area contributed by atoms with Crippen LogP contribution in [0.25, 0.3) is 0 Å². The van der Waals surface area contributed by atoms with E-state index in [0.717, 1.165) is 18.2 Å². The summed E-state index contributed by atoms with van der Waals surface area (Å²) < 4.78 is 26.9. The standard InChI is InChI=1S/C18H14F2N4O4/c1-18-8-15(25)23-24-16(18)11-7-10(3-5-14(11)27-28-18)21-17(26)22-13-6-9(19)2-4-12(13)20/h2-7H,8H2,1H3,(H,23,25)(H2,21,22,26). The fourth-order valence-corrected chi connectivity index (χ4v) is 2.96. The van der Waals surface area contributed by atoms with Crippen molar-refractivity contribution < 1.29 is 28.1 Å². The van der Waals surface area contributed by atoms with Gasteiger partial charge in [-0.15, -0.1) is 0 Å². The number of hydrogen-bond donors (Lipinski definition) is 3. The zero-order valence-electron chi connectivity index (χ0n) is 14.5. The summed E-state index contributed by atoms with van der Waals surface area (Å²) in [7, 11) is 0. The number of hydrogen-bond acceptors (Lipinski definition) is 5. The van der Waals surface area contributed by atoms with E-state index in [4.69, 9.17) is 9.78 Å². The Bertz CT molecular complexity index is 1030. The molecular weight excluding hydrogens is 374 g/mol. The molecule has 0 radical (unpaired) electrons. The lowest BCUT2D eigenvalue weighted by atomic mass is 9.88. The summed E-state index contributed by atoms with van der Waals surface area (Å²) >= 11 is 0. The zero-order valence-corrected chi connectivity index (χ0v) is 14.5. The highest BCUT2D eigenvalue weighted by Crippen LogP contribution is 2.37. The number of rotatable bonds is 2. The molecule has 4 rings (SSSR count). The molecule has 2 aliphatic rings. The molecule has 2 heterocycles. The normalized spacial score (nSPS) is 20.1. The van der Waals surface area contributed by atoms with E-state index in [1.54, 1.807) is 19.1 Å². The lowest BCUT2D eigenvalue weighted by Crippen LogP contribution is -2.51. The molecule has 2 aliphatic heterocycles. The van der Waals surface area contributed by atoms with Crippen molar-refractivity contribution in [1.29, 1.82) is 0 Å². The van der Waals surface area contributed by atoms with Crippen LogP contribution in [0.4, 0.5) is 25.0 Å². The third kappa shape index (κ3) is 3.25. The van der Waals surface area contributed by atoms with E-state index in [1.807, 2.05) is 0 Å². The number of anilines is 2. The molecule has 3 amide bonds. The summed E-state index contributed by atoms with van der Waals surface area (Å²) in [5.74, 6) is -1.41. The molecule has 0 bridgehead atoms. The minimum atomic E-state index is -1.07. The topological polar surface area (TPSA) is 101 Å². The minimum Gasteiger partial charge on any atom is -0.336 e. The van der Waals surface area contributed by atoms with Crippen LogP contribution in [0.3, 0.4) is 0 Å². The number of nitrogens with one attached hydrogen (secondary N) is 3. The number of halogens is 2. The van der Waals surface area contributed by atoms with Gasteiger partial charge in [0, 0.05) is 17.3 Å². The van der Waals surface area contributed by atoms with Crippen LogP contribution >= 0.6 is 0 Å². The summed E-state index contributed by atoms with van der Waals surface area (Å²) in [5, 5.41) is 8.81. The van der Waals surface area contributed by atoms with Gasteiger partial charge in [-0.05, 0) is 37.3 Å². The smallest absolute Gasteiger partial charge is 0.323 e. The van der Waals surface area contributed by atoms with Gasteiger partial charge >= 0.3 is 6.03 Å². The van der Waals surface area contributed by atoms with Crippen molar-refractivity contribution in [3.63, 3.8) is 0 Å². The molecule has 10 heteroatoms. The van der Waals surface area contributed by atoms with Gasteiger partial charge in [-0.1, -0.05) is 0 Å². The van der Waals surface area contributed by atoms with Gasteiger partial charge < -0.3 is 15.5 Å². The van der Waals surface area contributed by atoms with Crippen molar-refractivity contribution in [2.75, 3.05) is 10.6 Å². The number of urea groups is 1. The Morgan fingerprint density at radius 1 is 1.21 bits per heavy atom. The number of nitrogens with zero attached hydrogens (tertiary/aromatic N) is 1. The molecule has 0 saturated heterocycles. The van der Waals surface area contributed by atoms with Crippen LogP contribution in [0, 0.1) is 11.6 Å². The largest absolute Gasteiger partial charge is 0.336 e. The lowest BCUT2D eigenvalue weighted by Gasteiger charge is -2.36. The first-order chi connectivity index (χ1) is 13.3. The van der Waals surface area contributed by atoms with Crippen molar-refractivity contribution in [3.8, 4) is 5.75 Å². The number of benzene rings is 2. The molecule has 144 valence electrons. The van der Waals surface area contributed by atoms with E-state index in [0.29, 0.717) is 22.7 Å². The van der Waals surface area contributed by atoms with Crippen molar-refractivity contribution in [2.45, 2.75) is 18.9 Å². The molecule has 3 N–H and O–H groups in total. The number of carbonyl (C=O) groups is 2. The molecule has 2 aromatic rings. The predicted molar refractivity (Wildman–Crippen MR) is 94.9 cm³/mol. The van der Waals surface area contributed by atoms with E-state index in [1.165, 1.54) is 6.07 Å². The summed E-state index contributed by atoms with van der Waals surface area (Å²) in [5.41, 5.74) is 2.33. The maximum Gasteiger partial charge on any atom is 0.323 e. The van der Waals surface area contributed by atoms with Crippen LogP contribution in [0.1, 0.15) is 18.9 Å². The second kappa shape index (κ2) is 6.57. The Morgan fingerprint density at radius 2 is 2.04 bits per heavy atom. The van der Waals surface area contributed by atoms with Gasteiger partial charge in [0.2, 0.25) is 5.91 Å². The van der Waals surface area contributed by atoms with Gasteiger partial charge in [-0.3, -0.25) is 4.79 Å². The number of hydrazone groups is 1. The Balaban J connectivity index is 1.57. The van der Waals surface area contributed by atoms with Gasteiger partial charge in [0.1, 0.15) is 17.3 Å². The van der Waals surface area contributed by atoms with Gasteiger partial charge in [0.25, 0.3) is 0 Å². The first-order valence-electron chi connectivity index (χ1n) is 8.24.